The van der Waals surface area contributed by atoms with Crippen LogP contribution in [0.15, 0.2) is 77.9 Å². The van der Waals surface area contributed by atoms with Crippen LogP contribution in [-0.4, -0.2) is 11.7 Å². The minimum atomic E-state index is -0.237. The summed E-state index contributed by atoms with van der Waals surface area (Å²) in [6, 6.07) is 19.9. The summed E-state index contributed by atoms with van der Waals surface area (Å²) >= 11 is 1.42. The molecule has 0 spiro atoms. The number of rotatable bonds is 7. The van der Waals surface area contributed by atoms with E-state index in [-0.39, 0.29) is 18.2 Å². The molecule has 0 unspecified atom stereocenters. The quantitative estimate of drug-likeness (QED) is 0.722. The molecule has 5 heteroatoms. The van der Waals surface area contributed by atoms with E-state index < -0.39 is 0 Å². The van der Waals surface area contributed by atoms with Crippen LogP contribution in [0.5, 0.6) is 5.75 Å². The maximum Gasteiger partial charge on any atom is 0.225 e. The van der Waals surface area contributed by atoms with Gasteiger partial charge in [-0.2, -0.15) is 5.26 Å². The number of benzene rings is 2. The molecule has 1 amide bonds. The molecule has 0 aromatic heterocycles. The van der Waals surface area contributed by atoms with Gasteiger partial charge in [0.25, 0.3) is 0 Å². The molecule has 1 heterocycles. The predicted molar refractivity (Wildman–Crippen MR) is 108 cm³/mol. The fourth-order valence-electron chi connectivity index (χ4n) is 2.90. The normalized spacial score (nSPS) is 16.4. The molecule has 0 saturated heterocycles. The molecule has 0 bridgehead atoms. The number of nitriles is 1. The second kappa shape index (κ2) is 9.11. The zero-order valence-corrected chi connectivity index (χ0v) is 15.7. The Bertz CT molecular complexity index is 883. The first-order valence-corrected chi connectivity index (χ1v) is 9.64. The third-order valence-electron chi connectivity index (χ3n) is 4.23. The van der Waals surface area contributed by atoms with Gasteiger partial charge in [0, 0.05) is 18.1 Å². The van der Waals surface area contributed by atoms with Crippen LogP contribution in [0.4, 0.5) is 0 Å². The Hall–Kier alpha value is -2.97. The average Bonchev–Trinajstić information content (AvgIpc) is 2.71. The number of carbonyl (C=O) groups excluding carboxylic acids is 1. The molecule has 3 rings (SSSR count). The summed E-state index contributed by atoms with van der Waals surface area (Å²) < 4.78 is 5.81. The van der Waals surface area contributed by atoms with Gasteiger partial charge in [0.1, 0.15) is 12.4 Å². The first-order chi connectivity index (χ1) is 13.2. The zero-order valence-electron chi connectivity index (χ0n) is 14.9. The van der Waals surface area contributed by atoms with Gasteiger partial charge in [0.05, 0.1) is 16.7 Å². The average molecular weight is 376 g/mol. The SMILES string of the molecule is C=CCSC1=C(C#N)[C@H](c2ccc(OCc3ccccc3)cc2)CC(=O)N1. The van der Waals surface area contributed by atoms with Crippen molar-refractivity contribution in [3.8, 4) is 11.8 Å². The maximum atomic E-state index is 12.1. The first-order valence-electron chi connectivity index (χ1n) is 8.65. The Labute approximate surface area is 163 Å². The van der Waals surface area contributed by atoms with Crippen LogP contribution in [0.1, 0.15) is 23.5 Å². The second-order valence-corrected chi connectivity index (χ2v) is 7.13. The summed E-state index contributed by atoms with van der Waals surface area (Å²) in [6.45, 7) is 4.19. The van der Waals surface area contributed by atoms with E-state index in [0.717, 1.165) is 16.9 Å². The molecular formula is C22H20N2O2S. The van der Waals surface area contributed by atoms with E-state index in [0.29, 0.717) is 23.0 Å². The monoisotopic (exact) mass is 376 g/mol. The van der Waals surface area contributed by atoms with Crippen molar-refractivity contribution in [2.75, 3.05) is 5.75 Å². The molecule has 1 aliphatic rings. The van der Waals surface area contributed by atoms with Crippen molar-refractivity contribution in [3.05, 3.63) is 89.0 Å². The van der Waals surface area contributed by atoms with E-state index in [2.05, 4.69) is 18.0 Å². The lowest BCUT2D eigenvalue weighted by Gasteiger charge is -2.25. The lowest BCUT2D eigenvalue weighted by Crippen LogP contribution is -2.30. The van der Waals surface area contributed by atoms with E-state index >= 15 is 0 Å². The van der Waals surface area contributed by atoms with Gasteiger partial charge in [-0.25, -0.2) is 0 Å². The van der Waals surface area contributed by atoms with Gasteiger partial charge in [-0.3, -0.25) is 4.79 Å². The van der Waals surface area contributed by atoms with Crippen molar-refractivity contribution in [1.82, 2.24) is 5.32 Å². The Morgan fingerprint density at radius 1 is 1.22 bits per heavy atom. The first kappa shape index (κ1) is 18.8. The third-order valence-corrected chi connectivity index (χ3v) is 5.25. The number of ether oxygens (including phenoxy) is 1. The Morgan fingerprint density at radius 3 is 2.63 bits per heavy atom. The number of thioether (sulfide) groups is 1. The van der Waals surface area contributed by atoms with Crippen molar-refractivity contribution >= 4 is 17.7 Å². The lowest BCUT2D eigenvalue weighted by atomic mass is 9.87. The maximum absolute atomic E-state index is 12.1. The molecule has 136 valence electrons. The smallest absolute Gasteiger partial charge is 0.225 e. The van der Waals surface area contributed by atoms with Gasteiger partial charge in [-0.1, -0.05) is 48.5 Å². The van der Waals surface area contributed by atoms with E-state index in [4.69, 9.17) is 4.74 Å². The number of amides is 1. The summed E-state index contributed by atoms with van der Waals surface area (Å²) in [5.74, 6) is 1.08. The van der Waals surface area contributed by atoms with Crippen LogP contribution < -0.4 is 10.1 Å². The number of nitrogens with zero attached hydrogens (tertiary/aromatic N) is 1. The Balaban J connectivity index is 1.75. The summed E-state index contributed by atoms with van der Waals surface area (Å²) in [6.07, 6.45) is 2.02. The van der Waals surface area contributed by atoms with E-state index in [1.165, 1.54) is 11.8 Å². The number of hydrogen-bond acceptors (Lipinski definition) is 4. The van der Waals surface area contributed by atoms with Crippen molar-refractivity contribution in [2.24, 2.45) is 0 Å². The molecule has 27 heavy (non-hydrogen) atoms. The molecule has 1 atom stereocenters. The Morgan fingerprint density at radius 2 is 1.96 bits per heavy atom. The van der Waals surface area contributed by atoms with Gasteiger partial charge in [-0.05, 0) is 23.3 Å². The number of allylic oxidation sites excluding steroid dienone is 1. The molecule has 0 aliphatic carbocycles. The van der Waals surface area contributed by atoms with Crippen molar-refractivity contribution in [2.45, 2.75) is 18.9 Å². The summed E-state index contributed by atoms with van der Waals surface area (Å²) in [5.41, 5.74) is 2.63. The largest absolute Gasteiger partial charge is 0.489 e. The molecular weight excluding hydrogens is 356 g/mol. The predicted octanol–water partition coefficient (Wildman–Crippen LogP) is 4.52. The molecule has 2 aromatic rings. The van der Waals surface area contributed by atoms with Crippen LogP contribution >= 0.6 is 11.8 Å². The summed E-state index contributed by atoms with van der Waals surface area (Å²) in [7, 11) is 0. The third kappa shape index (κ3) is 4.81. The van der Waals surface area contributed by atoms with E-state index in [1.807, 2.05) is 54.6 Å². The molecule has 4 nitrogen and oxygen atoms in total. The fourth-order valence-corrected chi connectivity index (χ4v) is 3.71. The van der Waals surface area contributed by atoms with Crippen LogP contribution in [0, 0.1) is 11.3 Å². The van der Waals surface area contributed by atoms with Gasteiger partial charge in [0.15, 0.2) is 0 Å². The van der Waals surface area contributed by atoms with Crippen LogP contribution in [0.25, 0.3) is 0 Å². The van der Waals surface area contributed by atoms with Gasteiger partial charge < -0.3 is 10.1 Å². The highest BCUT2D eigenvalue weighted by molar-refractivity contribution is 8.03. The van der Waals surface area contributed by atoms with Crippen LogP contribution in [-0.2, 0) is 11.4 Å². The van der Waals surface area contributed by atoms with E-state index in [9.17, 15) is 10.1 Å². The standard InChI is InChI=1S/C22H20N2O2S/c1-2-12-27-22-20(14-23)19(13-21(25)24-22)17-8-10-18(11-9-17)26-15-16-6-4-3-5-7-16/h2-11,19H,1,12-13,15H2,(H,24,25)/t19-/m0/s1. The molecule has 2 aromatic carbocycles. The molecule has 1 aliphatic heterocycles. The van der Waals surface area contributed by atoms with Gasteiger partial charge in [-0.15, -0.1) is 18.3 Å². The minimum absolute atomic E-state index is 0.0741. The molecule has 1 N–H and O–H groups in total. The van der Waals surface area contributed by atoms with Crippen molar-refractivity contribution in [1.29, 1.82) is 5.26 Å². The van der Waals surface area contributed by atoms with E-state index in [1.54, 1.807) is 6.08 Å². The van der Waals surface area contributed by atoms with Gasteiger partial charge in [0.2, 0.25) is 5.91 Å². The highest BCUT2D eigenvalue weighted by Gasteiger charge is 2.29. The molecule has 0 fully saturated rings. The minimum Gasteiger partial charge on any atom is -0.489 e. The zero-order chi connectivity index (χ0) is 19.1. The van der Waals surface area contributed by atoms with Gasteiger partial charge >= 0.3 is 0 Å². The van der Waals surface area contributed by atoms with Crippen LogP contribution in [0.2, 0.25) is 0 Å². The topological polar surface area (TPSA) is 62.1 Å². The summed E-state index contributed by atoms with van der Waals surface area (Å²) in [5, 5.41) is 13.1. The highest BCUT2D eigenvalue weighted by atomic mass is 32.2. The number of carbonyl (C=O) groups is 1. The Kier molecular flexibility index (Phi) is 6.35. The van der Waals surface area contributed by atoms with Crippen molar-refractivity contribution < 1.29 is 9.53 Å². The lowest BCUT2D eigenvalue weighted by molar-refractivity contribution is -0.120. The highest BCUT2D eigenvalue weighted by Crippen LogP contribution is 2.36. The summed E-state index contributed by atoms with van der Waals surface area (Å²) in [4.78, 5) is 12.1. The number of hydrogen-bond donors (Lipinski definition) is 1. The number of nitrogens with one attached hydrogen (secondary N) is 1. The van der Waals surface area contributed by atoms with Crippen LogP contribution in [0.3, 0.4) is 0 Å². The van der Waals surface area contributed by atoms with Crippen molar-refractivity contribution in [3.63, 3.8) is 0 Å². The fraction of sp³-hybridized carbons (Fsp3) is 0.182. The molecule has 0 saturated carbocycles. The molecule has 0 radical (unpaired) electrons. The second-order valence-electron chi connectivity index (χ2n) is 6.10.